The summed E-state index contributed by atoms with van der Waals surface area (Å²) >= 11 is 0. The van der Waals surface area contributed by atoms with Crippen molar-refractivity contribution in [1.29, 1.82) is 0 Å². The van der Waals surface area contributed by atoms with Crippen LogP contribution in [0.1, 0.15) is 55.5 Å². The van der Waals surface area contributed by atoms with Crippen LogP contribution in [0.5, 0.6) is 0 Å². The molecule has 0 bridgehead atoms. The van der Waals surface area contributed by atoms with Gasteiger partial charge in [-0.3, -0.25) is 0 Å². The molecule has 0 nitrogen and oxygen atoms in total. The molecular weight excluding hydrogens is 480 g/mol. The van der Waals surface area contributed by atoms with E-state index in [9.17, 15) is 0 Å². The molecule has 0 heterocycles. The lowest BCUT2D eigenvalue weighted by molar-refractivity contribution is 0.660. The van der Waals surface area contributed by atoms with Crippen LogP contribution >= 0.6 is 0 Å². The molecular formula is C40H32. The van der Waals surface area contributed by atoms with Gasteiger partial charge in [0.15, 0.2) is 0 Å². The summed E-state index contributed by atoms with van der Waals surface area (Å²) in [5.41, 5.74) is 14.7. The quantitative estimate of drug-likeness (QED) is 0.202. The molecule has 0 heteroatoms. The number of rotatable bonds is 2. The van der Waals surface area contributed by atoms with Crippen molar-refractivity contribution in [1.82, 2.24) is 0 Å². The largest absolute Gasteiger partial charge is 0.0985 e. The molecule has 2 aliphatic rings. The van der Waals surface area contributed by atoms with Crippen molar-refractivity contribution in [3.63, 3.8) is 0 Å². The van der Waals surface area contributed by atoms with Gasteiger partial charge in [0.05, 0.1) is 0 Å². The van der Waals surface area contributed by atoms with E-state index in [1.165, 1.54) is 82.7 Å². The number of hydrogen-bond donors (Lipinski definition) is 0. The number of fused-ring (bicyclic) bond motifs is 11. The molecule has 6 aromatic carbocycles. The van der Waals surface area contributed by atoms with Crippen LogP contribution in [0.2, 0.25) is 0 Å². The molecule has 0 aromatic heterocycles. The minimum absolute atomic E-state index is 0.0518. The molecule has 0 amide bonds. The Balaban J connectivity index is 1.32. The molecule has 2 aliphatic carbocycles. The molecule has 6 aromatic rings. The Bertz CT molecular complexity index is 2070. The van der Waals surface area contributed by atoms with E-state index in [0.29, 0.717) is 0 Å². The van der Waals surface area contributed by atoms with Gasteiger partial charge in [-0.1, -0.05) is 131 Å². The maximum atomic E-state index is 4.00. The summed E-state index contributed by atoms with van der Waals surface area (Å²) in [5.74, 6) is 0. The van der Waals surface area contributed by atoms with Crippen molar-refractivity contribution in [2.24, 2.45) is 0 Å². The number of benzene rings is 6. The molecule has 40 heavy (non-hydrogen) atoms. The van der Waals surface area contributed by atoms with E-state index in [2.05, 4.69) is 137 Å². The molecule has 0 unspecified atom stereocenters. The third-order valence-electron chi connectivity index (χ3n) is 9.79. The summed E-state index contributed by atoms with van der Waals surface area (Å²) < 4.78 is 0. The molecule has 0 aliphatic heterocycles. The highest BCUT2D eigenvalue weighted by Crippen LogP contribution is 2.55. The van der Waals surface area contributed by atoms with E-state index in [1.54, 1.807) is 0 Å². The fraction of sp³-hybridized carbons (Fsp3) is 0.150. The average Bonchev–Trinajstić information content (AvgIpc) is 3.36. The van der Waals surface area contributed by atoms with Gasteiger partial charge in [-0.15, -0.1) is 0 Å². The molecule has 0 N–H and O–H groups in total. The minimum Gasteiger partial charge on any atom is -0.0985 e. The molecule has 0 spiro atoms. The van der Waals surface area contributed by atoms with Crippen LogP contribution in [-0.2, 0) is 10.8 Å². The lowest BCUT2D eigenvalue weighted by atomic mass is 9.78. The van der Waals surface area contributed by atoms with Gasteiger partial charge in [-0.2, -0.15) is 0 Å². The number of hydrogen-bond acceptors (Lipinski definition) is 0. The topological polar surface area (TPSA) is 0 Å². The summed E-state index contributed by atoms with van der Waals surface area (Å²) in [7, 11) is 0. The first-order chi connectivity index (χ1) is 19.3. The second-order valence-electron chi connectivity index (χ2n) is 12.6. The van der Waals surface area contributed by atoms with E-state index < -0.39 is 0 Å². The van der Waals surface area contributed by atoms with Crippen LogP contribution in [0.25, 0.3) is 61.0 Å². The Morgan fingerprint density at radius 2 is 1.00 bits per heavy atom. The minimum atomic E-state index is -0.0996. The molecule has 0 fully saturated rings. The Labute approximate surface area is 236 Å². The predicted molar refractivity (Wildman–Crippen MR) is 172 cm³/mol. The SMILES string of the molecule is C=Cc1ccc2c(c1)C(C)(C)c1cc(-c3ccc4c(c3)C(C)(C)c3c-4c4ccccc4c4ccccc34)ccc1-2. The summed E-state index contributed by atoms with van der Waals surface area (Å²) in [6, 6.07) is 38.9. The highest BCUT2D eigenvalue weighted by atomic mass is 14.4. The highest BCUT2D eigenvalue weighted by molar-refractivity contribution is 6.18. The normalized spacial score (nSPS) is 15.5. The molecule has 0 atom stereocenters. The van der Waals surface area contributed by atoms with E-state index in [-0.39, 0.29) is 10.8 Å². The summed E-state index contributed by atoms with van der Waals surface area (Å²) in [6.07, 6.45) is 1.95. The monoisotopic (exact) mass is 512 g/mol. The van der Waals surface area contributed by atoms with Crippen LogP contribution in [-0.4, -0.2) is 0 Å². The third kappa shape index (κ3) is 2.91. The molecule has 0 saturated heterocycles. The molecule has 8 rings (SSSR count). The third-order valence-corrected chi connectivity index (χ3v) is 9.79. The van der Waals surface area contributed by atoms with E-state index in [0.717, 1.165) is 0 Å². The summed E-state index contributed by atoms with van der Waals surface area (Å²) in [6.45, 7) is 13.5. The van der Waals surface area contributed by atoms with Crippen molar-refractivity contribution in [3.8, 4) is 33.4 Å². The standard InChI is InChI=1S/C40H32/c1-6-24-15-18-29-30-19-16-25(22-35(30)39(2,3)34(29)21-24)26-17-20-33-36(23-26)40(4,5)38-32-14-10-8-12-28(32)27-11-7-9-13-31(27)37(33)38/h6-23H,1H2,2-5H3. The first kappa shape index (κ1) is 23.5. The van der Waals surface area contributed by atoms with Crippen molar-refractivity contribution in [2.75, 3.05) is 0 Å². The van der Waals surface area contributed by atoms with Crippen LogP contribution in [0, 0.1) is 0 Å². The van der Waals surface area contributed by atoms with Crippen molar-refractivity contribution in [3.05, 3.63) is 138 Å². The Hall–Kier alpha value is -4.42. The lowest BCUT2D eigenvalue weighted by Crippen LogP contribution is -2.16. The average molecular weight is 513 g/mol. The second-order valence-corrected chi connectivity index (χ2v) is 12.6. The van der Waals surface area contributed by atoms with Gasteiger partial charge >= 0.3 is 0 Å². The van der Waals surface area contributed by atoms with Gasteiger partial charge in [0.25, 0.3) is 0 Å². The fourth-order valence-corrected chi connectivity index (χ4v) is 7.73. The van der Waals surface area contributed by atoms with E-state index in [4.69, 9.17) is 0 Å². The second kappa shape index (κ2) is 7.83. The van der Waals surface area contributed by atoms with Gasteiger partial charge < -0.3 is 0 Å². The highest BCUT2D eigenvalue weighted by Gasteiger charge is 2.39. The summed E-state index contributed by atoms with van der Waals surface area (Å²) in [4.78, 5) is 0. The van der Waals surface area contributed by atoms with Crippen molar-refractivity contribution >= 4 is 27.6 Å². The Morgan fingerprint density at radius 1 is 0.500 bits per heavy atom. The zero-order valence-electron chi connectivity index (χ0n) is 23.6. The van der Waals surface area contributed by atoms with Gasteiger partial charge in [0, 0.05) is 10.8 Å². The molecule has 0 radical (unpaired) electrons. The first-order valence-electron chi connectivity index (χ1n) is 14.3. The van der Waals surface area contributed by atoms with Gasteiger partial charge in [-0.25, -0.2) is 0 Å². The van der Waals surface area contributed by atoms with Crippen molar-refractivity contribution in [2.45, 2.75) is 38.5 Å². The maximum absolute atomic E-state index is 4.00. The van der Waals surface area contributed by atoms with Crippen LogP contribution in [0.4, 0.5) is 0 Å². The zero-order valence-corrected chi connectivity index (χ0v) is 23.6. The van der Waals surface area contributed by atoms with Gasteiger partial charge in [0.1, 0.15) is 0 Å². The Morgan fingerprint density at radius 3 is 1.65 bits per heavy atom. The smallest absolute Gasteiger partial charge is 0.0165 e. The van der Waals surface area contributed by atoms with Crippen LogP contribution in [0.3, 0.4) is 0 Å². The fourth-order valence-electron chi connectivity index (χ4n) is 7.73. The first-order valence-corrected chi connectivity index (χ1v) is 14.3. The zero-order chi connectivity index (χ0) is 27.4. The van der Waals surface area contributed by atoms with E-state index in [1.807, 2.05) is 6.08 Å². The molecule has 0 saturated carbocycles. The van der Waals surface area contributed by atoms with Crippen molar-refractivity contribution < 1.29 is 0 Å². The Kier molecular flexibility index (Phi) is 4.59. The summed E-state index contributed by atoms with van der Waals surface area (Å²) in [5, 5.41) is 5.41. The van der Waals surface area contributed by atoms with Crippen LogP contribution in [0.15, 0.2) is 110 Å². The van der Waals surface area contributed by atoms with Gasteiger partial charge in [-0.05, 0) is 94.9 Å². The van der Waals surface area contributed by atoms with Crippen LogP contribution < -0.4 is 0 Å². The predicted octanol–water partition coefficient (Wildman–Crippen LogP) is 10.9. The van der Waals surface area contributed by atoms with Gasteiger partial charge in [0.2, 0.25) is 0 Å². The maximum Gasteiger partial charge on any atom is 0.0165 e. The molecule has 192 valence electrons. The van der Waals surface area contributed by atoms with E-state index >= 15 is 0 Å². The lowest BCUT2D eigenvalue weighted by Gasteiger charge is -2.25.